The van der Waals surface area contributed by atoms with Gasteiger partial charge < -0.3 is 33.8 Å². The molecule has 3 N–H and O–H groups in total. The van der Waals surface area contributed by atoms with E-state index in [-0.39, 0.29) is 25.7 Å². The molecule has 0 amide bonds. The molecule has 19 heteroatoms. The number of hydrogen-bond donors (Lipinski definition) is 3. The largest absolute Gasteiger partial charge is 0.472 e. The van der Waals surface area contributed by atoms with Crippen LogP contribution in [0.15, 0.2) is 0 Å². The number of esters is 4. The maximum absolute atomic E-state index is 13.1. The van der Waals surface area contributed by atoms with Crippen LogP contribution in [0.3, 0.4) is 0 Å². The number of hydrogen-bond acceptors (Lipinski definition) is 15. The van der Waals surface area contributed by atoms with Crippen molar-refractivity contribution < 1.29 is 80.2 Å². The Morgan fingerprint density at radius 3 is 0.667 bits per heavy atom. The maximum atomic E-state index is 13.1. The smallest absolute Gasteiger partial charge is 0.462 e. The van der Waals surface area contributed by atoms with Gasteiger partial charge in [0, 0.05) is 25.7 Å². The molecule has 0 fully saturated rings. The highest BCUT2D eigenvalue weighted by atomic mass is 31.2. The number of aliphatic hydroxyl groups is 1. The maximum Gasteiger partial charge on any atom is 0.472 e. The molecule has 0 aromatic heterocycles. The van der Waals surface area contributed by atoms with E-state index in [1.165, 1.54) is 238 Å². The predicted molar refractivity (Wildman–Crippen MR) is 418 cm³/mol. The first-order valence-electron chi connectivity index (χ1n) is 42.8. The Hall–Kier alpha value is -1.94. The van der Waals surface area contributed by atoms with E-state index in [0.717, 1.165) is 108 Å². The van der Waals surface area contributed by atoms with Crippen molar-refractivity contribution in [3.63, 3.8) is 0 Å². The van der Waals surface area contributed by atoms with Gasteiger partial charge in [-0.1, -0.05) is 382 Å². The fourth-order valence-electron chi connectivity index (χ4n) is 12.8. The molecule has 606 valence electrons. The van der Waals surface area contributed by atoms with E-state index in [0.29, 0.717) is 31.6 Å². The highest BCUT2D eigenvalue weighted by molar-refractivity contribution is 7.47. The van der Waals surface area contributed by atoms with Gasteiger partial charge in [-0.05, 0) is 43.4 Å². The Kier molecular flexibility index (Phi) is 71.8. The first-order valence-corrected chi connectivity index (χ1v) is 45.8. The standard InChI is InChI=1S/C83H162O17P2/c1-8-9-10-11-12-13-14-15-16-17-18-19-20-21-28-33-38-43-52-59-66-82(87)99-78(70-93-80(85)64-57-50-42-37-32-27-23-22-25-30-35-40-47-54-61-74(2)3)72-97-101(89,90)95-68-77(84)69-96-102(91,92)98-73-79(71-94-81(86)65-58-51-46-45-49-56-63-76(6)7)100-83(88)67-60-53-44-39-34-29-24-26-31-36-41-48-55-62-75(4)5/h74-79,84H,8-73H2,1-7H3,(H,89,90)(H,91,92)/t77-,78-,79-/m1/s1. The molecule has 0 aromatic carbocycles. The van der Waals surface area contributed by atoms with Gasteiger partial charge in [-0.3, -0.25) is 37.3 Å². The molecule has 0 aromatic rings. The fourth-order valence-corrected chi connectivity index (χ4v) is 14.4. The minimum absolute atomic E-state index is 0.106. The van der Waals surface area contributed by atoms with Crippen molar-refractivity contribution in [3.05, 3.63) is 0 Å². The monoisotopic (exact) mass is 1490 g/mol. The summed E-state index contributed by atoms with van der Waals surface area (Å²) in [6.07, 6.45) is 62.7. The molecule has 17 nitrogen and oxygen atoms in total. The highest BCUT2D eigenvalue weighted by Crippen LogP contribution is 2.45. The van der Waals surface area contributed by atoms with Crippen molar-refractivity contribution in [1.82, 2.24) is 0 Å². The summed E-state index contributed by atoms with van der Waals surface area (Å²) in [6.45, 7) is 11.9. The van der Waals surface area contributed by atoms with Crippen molar-refractivity contribution in [1.29, 1.82) is 0 Å². The van der Waals surface area contributed by atoms with Crippen LogP contribution < -0.4 is 0 Å². The van der Waals surface area contributed by atoms with Crippen LogP contribution in [0.1, 0.15) is 434 Å². The Morgan fingerprint density at radius 2 is 0.451 bits per heavy atom. The lowest BCUT2D eigenvalue weighted by atomic mass is 10.0. The third kappa shape index (κ3) is 76.3. The van der Waals surface area contributed by atoms with Crippen molar-refractivity contribution in [2.24, 2.45) is 17.8 Å². The molecule has 0 spiro atoms. The number of ether oxygens (including phenoxy) is 4. The van der Waals surface area contributed by atoms with Crippen LogP contribution in [-0.4, -0.2) is 96.7 Å². The second-order valence-electron chi connectivity index (χ2n) is 31.3. The molecule has 0 aliphatic carbocycles. The van der Waals surface area contributed by atoms with Crippen LogP contribution >= 0.6 is 15.6 Å². The molecule has 0 aliphatic rings. The normalized spacial score (nSPS) is 13.9. The van der Waals surface area contributed by atoms with Crippen molar-refractivity contribution in [2.75, 3.05) is 39.6 Å². The first-order chi connectivity index (χ1) is 49.2. The summed E-state index contributed by atoms with van der Waals surface area (Å²) in [4.78, 5) is 73.1. The van der Waals surface area contributed by atoms with Crippen LogP contribution in [0.25, 0.3) is 0 Å². The molecule has 2 unspecified atom stereocenters. The molecule has 0 saturated carbocycles. The predicted octanol–water partition coefficient (Wildman–Crippen LogP) is 24.9. The summed E-state index contributed by atoms with van der Waals surface area (Å²) >= 11 is 0. The molecule has 102 heavy (non-hydrogen) atoms. The van der Waals surface area contributed by atoms with Gasteiger partial charge in [0.1, 0.15) is 19.3 Å². The molecule has 0 saturated heterocycles. The van der Waals surface area contributed by atoms with Gasteiger partial charge in [-0.25, -0.2) is 9.13 Å². The SMILES string of the molecule is CCCCCCCCCCCCCCCCCCCCCCC(=O)O[C@H](COC(=O)CCCCCCCCCCCCCCCCC(C)C)COP(=O)(O)OC[C@@H](O)COP(=O)(O)OC[C@@H](COC(=O)CCCCCCCCC(C)C)OC(=O)CCCCCCCCCCCCCCCC(C)C. The third-order valence-corrected chi connectivity index (χ3v) is 21.3. The second kappa shape index (κ2) is 73.2. The van der Waals surface area contributed by atoms with Gasteiger partial charge in [0.05, 0.1) is 26.4 Å². The third-order valence-electron chi connectivity index (χ3n) is 19.4. The zero-order chi connectivity index (χ0) is 75.1. The van der Waals surface area contributed by atoms with E-state index in [2.05, 4.69) is 48.5 Å². The van der Waals surface area contributed by atoms with Gasteiger partial charge in [0.15, 0.2) is 12.2 Å². The molecular weight excluding hydrogens is 1330 g/mol. The molecular formula is C83H162O17P2. The quantitative estimate of drug-likeness (QED) is 0.0222. The Labute approximate surface area is 626 Å². The number of unbranched alkanes of at least 4 members (excludes halogenated alkanes) is 49. The zero-order valence-electron chi connectivity index (χ0n) is 67.1. The van der Waals surface area contributed by atoms with Crippen LogP contribution in [0, 0.1) is 17.8 Å². The van der Waals surface area contributed by atoms with E-state index in [1.807, 2.05) is 0 Å². The van der Waals surface area contributed by atoms with E-state index in [1.54, 1.807) is 0 Å². The van der Waals surface area contributed by atoms with Crippen LogP contribution in [0.2, 0.25) is 0 Å². The Balaban J connectivity index is 5.22. The highest BCUT2D eigenvalue weighted by Gasteiger charge is 2.30. The molecule has 0 rings (SSSR count). The lowest BCUT2D eigenvalue weighted by Crippen LogP contribution is -2.30. The molecule has 0 aliphatic heterocycles. The van der Waals surface area contributed by atoms with Crippen molar-refractivity contribution in [2.45, 2.75) is 452 Å². The number of carbonyl (C=O) groups excluding carboxylic acids is 4. The lowest BCUT2D eigenvalue weighted by Gasteiger charge is -2.21. The van der Waals surface area contributed by atoms with Crippen LogP contribution in [0.4, 0.5) is 0 Å². The van der Waals surface area contributed by atoms with Crippen molar-refractivity contribution in [3.8, 4) is 0 Å². The average molecular weight is 1490 g/mol. The van der Waals surface area contributed by atoms with Gasteiger partial charge >= 0.3 is 39.5 Å². The molecule has 0 heterocycles. The lowest BCUT2D eigenvalue weighted by molar-refractivity contribution is -0.161. The summed E-state index contributed by atoms with van der Waals surface area (Å²) < 4.78 is 68.8. The van der Waals surface area contributed by atoms with E-state index in [9.17, 15) is 43.2 Å². The van der Waals surface area contributed by atoms with Gasteiger partial charge in [0.25, 0.3) is 0 Å². The zero-order valence-corrected chi connectivity index (χ0v) is 68.9. The molecule has 0 bridgehead atoms. The van der Waals surface area contributed by atoms with E-state index >= 15 is 0 Å². The minimum atomic E-state index is -4.96. The van der Waals surface area contributed by atoms with Gasteiger partial charge in [-0.2, -0.15) is 0 Å². The summed E-state index contributed by atoms with van der Waals surface area (Å²) in [5.41, 5.74) is 0. The average Bonchev–Trinajstić information content (AvgIpc) is 0.909. The Bertz CT molecular complexity index is 1970. The summed E-state index contributed by atoms with van der Waals surface area (Å²) in [5, 5.41) is 10.7. The fraction of sp³-hybridized carbons (Fsp3) is 0.952. The second-order valence-corrected chi connectivity index (χ2v) is 34.2. The first kappa shape index (κ1) is 100. The van der Waals surface area contributed by atoms with E-state index < -0.39 is 97.5 Å². The van der Waals surface area contributed by atoms with E-state index in [4.69, 9.17) is 37.0 Å². The number of aliphatic hydroxyl groups excluding tert-OH is 1. The number of rotatable bonds is 81. The van der Waals surface area contributed by atoms with Crippen molar-refractivity contribution >= 4 is 39.5 Å². The molecule has 0 radical (unpaired) electrons. The number of carbonyl (C=O) groups is 4. The van der Waals surface area contributed by atoms with Crippen LogP contribution in [-0.2, 0) is 65.4 Å². The molecule has 5 atom stereocenters. The number of phosphoric acid groups is 2. The summed E-state index contributed by atoms with van der Waals surface area (Å²) in [5.74, 6) is 0.154. The topological polar surface area (TPSA) is 237 Å². The summed E-state index contributed by atoms with van der Waals surface area (Å²) in [6, 6.07) is 0. The van der Waals surface area contributed by atoms with Gasteiger partial charge in [-0.15, -0.1) is 0 Å². The minimum Gasteiger partial charge on any atom is -0.462 e. The van der Waals surface area contributed by atoms with Crippen LogP contribution in [0.5, 0.6) is 0 Å². The summed E-state index contributed by atoms with van der Waals surface area (Å²) in [7, 11) is -9.92. The van der Waals surface area contributed by atoms with Gasteiger partial charge in [0.2, 0.25) is 0 Å². The Morgan fingerprint density at radius 1 is 0.265 bits per heavy atom. The number of phosphoric ester groups is 2.